The molecule has 1 atom stereocenters. The summed E-state index contributed by atoms with van der Waals surface area (Å²) in [5, 5.41) is 3.07. The Morgan fingerprint density at radius 1 is 1.00 bits per heavy atom. The Labute approximate surface area is 209 Å². The predicted octanol–water partition coefficient (Wildman–Crippen LogP) is 3.80. The van der Waals surface area contributed by atoms with E-state index in [2.05, 4.69) is 5.32 Å². The van der Waals surface area contributed by atoms with Crippen molar-refractivity contribution in [2.24, 2.45) is 0 Å². The molecule has 0 bridgehead atoms. The number of anilines is 1. The number of nitrogens with one attached hydrogen (secondary N) is 1. The van der Waals surface area contributed by atoms with Crippen LogP contribution in [0.5, 0.6) is 0 Å². The average Bonchev–Trinajstić information content (AvgIpc) is 3.34. The van der Waals surface area contributed by atoms with Crippen LogP contribution in [0.3, 0.4) is 0 Å². The number of hydrogen-bond donors (Lipinski definition) is 1. The van der Waals surface area contributed by atoms with Crippen molar-refractivity contribution in [2.75, 3.05) is 17.1 Å². The van der Waals surface area contributed by atoms with Crippen LogP contribution in [0.2, 0.25) is 0 Å². The number of carbonyl (C=O) groups is 2. The third-order valence-corrected chi connectivity index (χ3v) is 7.79. The van der Waals surface area contributed by atoms with Crippen molar-refractivity contribution in [2.45, 2.75) is 71.5 Å². The summed E-state index contributed by atoms with van der Waals surface area (Å²) in [4.78, 5) is 28.1. The van der Waals surface area contributed by atoms with Crippen molar-refractivity contribution in [1.82, 2.24) is 10.2 Å². The number of sulfonamides is 1. The molecular formula is C27H37N3O4S. The van der Waals surface area contributed by atoms with Gasteiger partial charge in [-0.05, 0) is 56.4 Å². The largest absolute Gasteiger partial charge is 0.352 e. The van der Waals surface area contributed by atoms with Gasteiger partial charge in [0.05, 0.1) is 11.9 Å². The number of amides is 2. The molecule has 1 fully saturated rings. The molecule has 0 heterocycles. The number of hydrogen-bond acceptors (Lipinski definition) is 4. The number of benzene rings is 2. The molecule has 1 N–H and O–H groups in total. The number of nitrogens with zero attached hydrogens (tertiary/aromatic N) is 2. The van der Waals surface area contributed by atoms with Gasteiger partial charge in [-0.2, -0.15) is 0 Å². The molecule has 2 amide bonds. The zero-order valence-corrected chi connectivity index (χ0v) is 22.0. The Hall–Kier alpha value is -2.87. The summed E-state index contributed by atoms with van der Waals surface area (Å²) in [5.41, 5.74) is 3.48. The quantitative estimate of drug-likeness (QED) is 0.539. The van der Waals surface area contributed by atoms with E-state index in [0.717, 1.165) is 59.4 Å². The second-order valence-corrected chi connectivity index (χ2v) is 11.4. The van der Waals surface area contributed by atoms with Gasteiger partial charge in [0.1, 0.15) is 12.6 Å². The smallest absolute Gasteiger partial charge is 0.244 e. The highest BCUT2D eigenvalue weighted by Crippen LogP contribution is 2.21. The Balaban J connectivity index is 1.86. The van der Waals surface area contributed by atoms with Crippen LogP contribution < -0.4 is 9.62 Å². The highest BCUT2D eigenvalue weighted by atomic mass is 32.2. The molecular weight excluding hydrogens is 462 g/mol. The van der Waals surface area contributed by atoms with Gasteiger partial charge in [0.15, 0.2) is 0 Å². The monoisotopic (exact) mass is 499 g/mol. The summed E-state index contributed by atoms with van der Waals surface area (Å²) in [6.07, 6.45) is 5.99. The minimum atomic E-state index is -3.72. The summed E-state index contributed by atoms with van der Waals surface area (Å²) < 4.78 is 26.4. The van der Waals surface area contributed by atoms with Gasteiger partial charge in [-0.25, -0.2) is 8.42 Å². The zero-order valence-electron chi connectivity index (χ0n) is 21.2. The second kappa shape index (κ2) is 11.7. The summed E-state index contributed by atoms with van der Waals surface area (Å²) in [6, 6.07) is 14.3. The van der Waals surface area contributed by atoms with E-state index in [1.807, 2.05) is 50.2 Å². The van der Waals surface area contributed by atoms with E-state index < -0.39 is 22.0 Å². The molecule has 7 nitrogen and oxygen atoms in total. The van der Waals surface area contributed by atoms with E-state index in [1.54, 1.807) is 19.1 Å². The van der Waals surface area contributed by atoms with Gasteiger partial charge in [0.25, 0.3) is 0 Å². The van der Waals surface area contributed by atoms with Crippen molar-refractivity contribution >= 4 is 27.5 Å². The van der Waals surface area contributed by atoms with Crippen LogP contribution in [0.1, 0.15) is 56.2 Å². The second-order valence-electron chi connectivity index (χ2n) is 9.46. The predicted molar refractivity (Wildman–Crippen MR) is 140 cm³/mol. The maximum atomic E-state index is 13.6. The minimum absolute atomic E-state index is 0.130. The Bertz CT molecular complexity index is 1110. The number of aryl methyl sites for hydroxylation is 2. The topological polar surface area (TPSA) is 86.8 Å². The Morgan fingerprint density at radius 2 is 1.57 bits per heavy atom. The third kappa shape index (κ3) is 7.31. The fraction of sp³-hybridized carbons (Fsp3) is 0.481. The SMILES string of the molecule is CCc1ccc(N(CC(=O)N(Cc2ccc(C)cc2)C(C)C(=O)NC2CCCC2)S(C)(=O)=O)cc1. The fourth-order valence-electron chi connectivity index (χ4n) is 4.38. The van der Waals surface area contributed by atoms with Crippen molar-refractivity contribution in [3.63, 3.8) is 0 Å². The van der Waals surface area contributed by atoms with Crippen molar-refractivity contribution in [1.29, 1.82) is 0 Å². The van der Waals surface area contributed by atoms with Crippen LogP contribution in [0.25, 0.3) is 0 Å². The minimum Gasteiger partial charge on any atom is -0.352 e. The first-order valence-electron chi connectivity index (χ1n) is 12.3. The van der Waals surface area contributed by atoms with Crippen LogP contribution in [0.15, 0.2) is 48.5 Å². The lowest BCUT2D eigenvalue weighted by molar-refractivity contribution is -0.139. The first-order valence-corrected chi connectivity index (χ1v) is 14.2. The lowest BCUT2D eigenvalue weighted by atomic mass is 10.1. The highest BCUT2D eigenvalue weighted by molar-refractivity contribution is 7.92. The van der Waals surface area contributed by atoms with E-state index in [9.17, 15) is 18.0 Å². The number of rotatable bonds is 10. The van der Waals surface area contributed by atoms with Crippen LogP contribution in [-0.2, 0) is 32.6 Å². The van der Waals surface area contributed by atoms with Gasteiger partial charge in [-0.3, -0.25) is 13.9 Å². The summed E-state index contributed by atoms with van der Waals surface area (Å²) in [6.45, 7) is 5.55. The van der Waals surface area contributed by atoms with E-state index in [-0.39, 0.29) is 25.0 Å². The standard InChI is InChI=1S/C27H37N3O4S/c1-5-22-14-16-25(17-15-22)30(35(4,33)34)19-26(31)29(18-23-12-10-20(2)11-13-23)21(3)27(32)28-24-8-6-7-9-24/h10-17,21,24H,5-9,18-19H2,1-4H3,(H,28,32). The molecule has 190 valence electrons. The molecule has 0 spiro atoms. The summed E-state index contributed by atoms with van der Waals surface area (Å²) >= 11 is 0. The third-order valence-electron chi connectivity index (χ3n) is 6.65. The van der Waals surface area contributed by atoms with Crippen molar-refractivity contribution in [3.8, 4) is 0 Å². The molecule has 1 aliphatic rings. The number of carbonyl (C=O) groups excluding carboxylic acids is 2. The average molecular weight is 500 g/mol. The summed E-state index contributed by atoms with van der Waals surface area (Å²) in [5.74, 6) is -0.639. The van der Waals surface area contributed by atoms with E-state index in [1.165, 1.54) is 4.90 Å². The molecule has 3 rings (SSSR count). The van der Waals surface area contributed by atoms with Crippen molar-refractivity contribution in [3.05, 3.63) is 65.2 Å². The first-order chi connectivity index (χ1) is 16.6. The van der Waals surface area contributed by atoms with Gasteiger partial charge < -0.3 is 10.2 Å². The van der Waals surface area contributed by atoms with E-state index in [4.69, 9.17) is 0 Å². The van der Waals surface area contributed by atoms with E-state index >= 15 is 0 Å². The fourth-order valence-corrected chi connectivity index (χ4v) is 5.23. The maximum Gasteiger partial charge on any atom is 0.244 e. The molecule has 1 saturated carbocycles. The zero-order chi connectivity index (χ0) is 25.6. The Kier molecular flexibility index (Phi) is 8.94. The summed E-state index contributed by atoms with van der Waals surface area (Å²) in [7, 11) is -3.72. The van der Waals surface area contributed by atoms with Crippen LogP contribution >= 0.6 is 0 Å². The van der Waals surface area contributed by atoms with Crippen LogP contribution in [0, 0.1) is 6.92 Å². The van der Waals surface area contributed by atoms with Crippen LogP contribution in [0.4, 0.5) is 5.69 Å². The maximum absolute atomic E-state index is 13.6. The van der Waals surface area contributed by atoms with Gasteiger partial charge in [-0.1, -0.05) is 61.7 Å². The van der Waals surface area contributed by atoms with E-state index in [0.29, 0.717) is 5.69 Å². The molecule has 2 aromatic carbocycles. The Morgan fingerprint density at radius 3 is 2.11 bits per heavy atom. The molecule has 0 aliphatic heterocycles. The van der Waals surface area contributed by atoms with Gasteiger partial charge in [-0.15, -0.1) is 0 Å². The molecule has 0 aromatic heterocycles. The van der Waals surface area contributed by atoms with Gasteiger partial charge in [0, 0.05) is 12.6 Å². The van der Waals surface area contributed by atoms with Crippen LogP contribution in [-0.4, -0.2) is 50.0 Å². The first kappa shape index (κ1) is 26.7. The molecule has 1 unspecified atom stereocenters. The molecule has 35 heavy (non-hydrogen) atoms. The molecule has 1 aliphatic carbocycles. The lowest BCUT2D eigenvalue weighted by Crippen LogP contribution is -2.52. The molecule has 0 radical (unpaired) electrons. The van der Waals surface area contributed by atoms with Crippen molar-refractivity contribution < 1.29 is 18.0 Å². The molecule has 8 heteroatoms. The van der Waals surface area contributed by atoms with Gasteiger partial charge in [0.2, 0.25) is 21.8 Å². The molecule has 0 saturated heterocycles. The highest BCUT2D eigenvalue weighted by Gasteiger charge is 2.31. The normalized spacial score (nSPS) is 15.0. The van der Waals surface area contributed by atoms with Gasteiger partial charge >= 0.3 is 0 Å². The lowest BCUT2D eigenvalue weighted by Gasteiger charge is -2.32. The molecule has 2 aromatic rings.